The molecule has 0 aliphatic carbocycles. The van der Waals surface area contributed by atoms with Crippen molar-refractivity contribution < 1.29 is 9.63 Å². The van der Waals surface area contributed by atoms with Gasteiger partial charge in [-0.2, -0.15) is 0 Å². The number of oxime groups is 1. The molecule has 0 saturated carbocycles. The molecule has 0 aliphatic rings. The SMILES string of the molecule is CC(C)c1ccc(/C=N\OCC(=O)NCc2ccc(Cl)cc2)cc1. The summed E-state index contributed by atoms with van der Waals surface area (Å²) in [6.45, 7) is 4.61. The van der Waals surface area contributed by atoms with Gasteiger partial charge in [0, 0.05) is 11.6 Å². The van der Waals surface area contributed by atoms with Crippen LogP contribution >= 0.6 is 11.6 Å². The number of nitrogens with one attached hydrogen (secondary N) is 1. The van der Waals surface area contributed by atoms with Gasteiger partial charge in [-0.3, -0.25) is 4.79 Å². The van der Waals surface area contributed by atoms with Gasteiger partial charge in [-0.15, -0.1) is 0 Å². The fourth-order valence-electron chi connectivity index (χ4n) is 2.01. The highest BCUT2D eigenvalue weighted by Gasteiger charge is 2.02. The Bertz CT molecular complexity index is 680. The zero-order valence-electron chi connectivity index (χ0n) is 13.8. The van der Waals surface area contributed by atoms with Crippen LogP contribution < -0.4 is 5.32 Å². The van der Waals surface area contributed by atoms with Crippen molar-refractivity contribution >= 4 is 23.7 Å². The number of rotatable bonds is 7. The molecule has 0 heterocycles. The van der Waals surface area contributed by atoms with Gasteiger partial charge in [-0.05, 0) is 34.7 Å². The first kappa shape index (κ1) is 18.0. The zero-order valence-corrected chi connectivity index (χ0v) is 14.6. The Morgan fingerprint density at radius 1 is 1.17 bits per heavy atom. The fraction of sp³-hybridized carbons (Fsp3) is 0.263. The Morgan fingerprint density at radius 3 is 2.46 bits per heavy atom. The Balaban J connectivity index is 1.70. The van der Waals surface area contributed by atoms with Crippen LogP contribution in [0.15, 0.2) is 53.7 Å². The van der Waals surface area contributed by atoms with E-state index in [2.05, 4.69) is 36.5 Å². The van der Waals surface area contributed by atoms with Crippen LogP contribution in [0.2, 0.25) is 5.02 Å². The Labute approximate surface area is 147 Å². The maximum Gasteiger partial charge on any atom is 0.261 e. The average Bonchev–Trinajstić information content (AvgIpc) is 2.58. The molecular formula is C19H21ClN2O2. The van der Waals surface area contributed by atoms with E-state index in [0.29, 0.717) is 17.5 Å². The quantitative estimate of drug-likeness (QED) is 0.606. The molecule has 4 nitrogen and oxygen atoms in total. The lowest BCUT2D eigenvalue weighted by atomic mass is 10.0. The Morgan fingerprint density at radius 2 is 1.83 bits per heavy atom. The van der Waals surface area contributed by atoms with Crippen LogP contribution in [0.25, 0.3) is 0 Å². The number of hydrogen-bond donors (Lipinski definition) is 1. The summed E-state index contributed by atoms with van der Waals surface area (Å²) in [7, 11) is 0. The largest absolute Gasteiger partial charge is 0.386 e. The molecule has 0 unspecified atom stereocenters. The van der Waals surface area contributed by atoms with Crippen LogP contribution in [0.3, 0.4) is 0 Å². The molecule has 0 atom stereocenters. The first-order valence-electron chi connectivity index (χ1n) is 7.81. The standard InChI is InChI=1S/C19H21ClN2O2/c1-14(2)17-7-3-16(4-8-17)12-22-24-13-19(23)21-11-15-5-9-18(20)10-6-15/h3-10,12,14H,11,13H2,1-2H3,(H,21,23)/b22-12-. The lowest BCUT2D eigenvalue weighted by Crippen LogP contribution is -2.26. The molecule has 126 valence electrons. The molecule has 2 aromatic carbocycles. The minimum Gasteiger partial charge on any atom is -0.386 e. The van der Waals surface area contributed by atoms with Crippen LogP contribution in [-0.2, 0) is 16.2 Å². The van der Waals surface area contributed by atoms with Gasteiger partial charge < -0.3 is 10.2 Å². The summed E-state index contributed by atoms with van der Waals surface area (Å²) in [4.78, 5) is 16.7. The van der Waals surface area contributed by atoms with Crippen molar-refractivity contribution in [2.45, 2.75) is 26.3 Å². The second kappa shape index (κ2) is 9.08. The van der Waals surface area contributed by atoms with Crippen molar-refractivity contribution in [3.8, 4) is 0 Å². The Hall–Kier alpha value is -2.33. The molecule has 0 radical (unpaired) electrons. The summed E-state index contributed by atoms with van der Waals surface area (Å²) in [5.41, 5.74) is 3.18. The predicted molar refractivity (Wildman–Crippen MR) is 97.4 cm³/mol. The zero-order chi connectivity index (χ0) is 17.4. The Kier molecular flexibility index (Phi) is 6.82. The maximum absolute atomic E-state index is 11.7. The lowest BCUT2D eigenvalue weighted by molar-refractivity contribution is -0.125. The van der Waals surface area contributed by atoms with Gasteiger partial charge in [-0.25, -0.2) is 0 Å². The highest BCUT2D eigenvalue weighted by Crippen LogP contribution is 2.13. The number of benzene rings is 2. The summed E-state index contributed by atoms with van der Waals surface area (Å²) in [5, 5.41) is 7.25. The van der Waals surface area contributed by atoms with Crippen molar-refractivity contribution in [1.29, 1.82) is 0 Å². The normalized spacial score (nSPS) is 11.0. The maximum atomic E-state index is 11.7. The minimum atomic E-state index is -0.225. The molecular weight excluding hydrogens is 324 g/mol. The van der Waals surface area contributed by atoms with Crippen molar-refractivity contribution in [1.82, 2.24) is 5.32 Å². The predicted octanol–water partition coefficient (Wildman–Crippen LogP) is 4.13. The van der Waals surface area contributed by atoms with E-state index in [0.717, 1.165) is 11.1 Å². The molecule has 24 heavy (non-hydrogen) atoms. The molecule has 0 aromatic heterocycles. The van der Waals surface area contributed by atoms with E-state index in [-0.39, 0.29) is 12.5 Å². The van der Waals surface area contributed by atoms with Gasteiger partial charge in [0.25, 0.3) is 5.91 Å². The number of amides is 1. The highest BCUT2D eigenvalue weighted by atomic mass is 35.5. The number of hydrogen-bond acceptors (Lipinski definition) is 3. The van der Waals surface area contributed by atoms with Crippen LogP contribution in [0.1, 0.15) is 36.5 Å². The highest BCUT2D eigenvalue weighted by molar-refractivity contribution is 6.30. The molecule has 0 aliphatic heterocycles. The number of carbonyl (C=O) groups is 1. The van der Waals surface area contributed by atoms with Crippen LogP contribution in [0.5, 0.6) is 0 Å². The first-order valence-corrected chi connectivity index (χ1v) is 8.19. The van der Waals surface area contributed by atoms with Crippen LogP contribution in [0, 0.1) is 0 Å². The van der Waals surface area contributed by atoms with E-state index in [1.54, 1.807) is 18.3 Å². The molecule has 5 heteroatoms. The second-order valence-electron chi connectivity index (χ2n) is 5.73. The summed E-state index contributed by atoms with van der Waals surface area (Å²) >= 11 is 5.81. The lowest BCUT2D eigenvalue weighted by Gasteiger charge is -2.05. The van der Waals surface area contributed by atoms with E-state index in [1.165, 1.54) is 5.56 Å². The first-order chi connectivity index (χ1) is 11.5. The van der Waals surface area contributed by atoms with Gasteiger partial charge in [0.2, 0.25) is 0 Å². The van der Waals surface area contributed by atoms with E-state index in [1.807, 2.05) is 24.3 Å². The van der Waals surface area contributed by atoms with Gasteiger partial charge in [0.05, 0.1) is 6.21 Å². The van der Waals surface area contributed by atoms with E-state index in [9.17, 15) is 4.79 Å². The van der Waals surface area contributed by atoms with Gasteiger partial charge >= 0.3 is 0 Å². The number of carbonyl (C=O) groups excluding carboxylic acids is 1. The van der Waals surface area contributed by atoms with E-state index in [4.69, 9.17) is 16.4 Å². The summed E-state index contributed by atoms with van der Waals surface area (Å²) in [6, 6.07) is 15.4. The monoisotopic (exact) mass is 344 g/mol. The molecule has 2 rings (SSSR count). The van der Waals surface area contributed by atoms with E-state index < -0.39 is 0 Å². The van der Waals surface area contributed by atoms with Crippen molar-refractivity contribution in [2.24, 2.45) is 5.16 Å². The summed E-state index contributed by atoms with van der Waals surface area (Å²) in [6.07, 6.45) is 1.59. The van der Waals surface area contributed by atoms with Crippen molar-refractivity contribution in [3.63, 3.8) is 0 Å². The summed E-state index contributed by atoms with van der Waals surface area (Å²) < 4.78 is 0. The molecule has 2 aromatic rings. The smallest absolute Gasteiger partial charge is 0.261 e. The minimum absolute atomic E-state index is 0.117. The second-order valence-corrected chi connectivity index (χ2v) is 6.17. The molecule has 0 saturated heterocycles. The average molecular weight is 345 g/mol. The molecule has 0 spiro atoms. The molecule has 0 fully saturated rings. The van der Waals surface area contributed by atoms with Gasteiger partial charge in [-0.1, -0.05) is 67.0 Å². The van der Waals surface area contributed by atoms with Crippen molar-refractivity contribution in [2.75, 3.05) is 6.61 Å². The topological polar surface area (TPSA) is 50.7 Å². The number of halogens is 1. The van der Waals surface area contributed by atoms with Gasteiger partial charge in [0.1, 0.15) is 0 Å². The third-order valence-electron chi connectivity index (χ3n) is 3.48. The van der Waals surface area contributed by atoms with Gasteiger partial charge in [0.15, 0.2) is 6.61 Å². The third-order valence-corrected chi connectivity index (χ3v) is 3.73. The molecule has 1 N–H and O–H groups in total. The van der Waals surface area contributed by atoms with Crippen molar-refractivity contribution in [3.05, 3.63) is 70.2 Å². The van der Waals surface area contributed by atoms with Crippen LogP contribution in [-0.4, -0.2) is 18.7 Å². The van der Waals surface area contributed by atoms with E-state index >= 15 is 0 Å². The fourth-order valence-corrected chi connectivity index (χ4v) is 2.14. The number of nitrogens with zero attached hydrogens (tertiary/aromatic N) is 1. The molecule has 1 amide bonds. The third kappa shape index (κ3) is 6.05. The molecule has 0 bridgehead atoms. The van der Waals surface area contributed by atoms with Crippen LogP contribution in [0.4, 0.5) is 0 Å². The summed E-state index contributed by atoms with van der Waals surface area (Å²) in [5.74, 6) is 0.272.